The molecule has 0 aliphatic rings. The van der Waals surface area contributed by atoms with E-state index in [1.807, 2.05) is 25.9 Å². The summed E-state index contributed by atoms with van der Waals surface area (Å²) in [7, 11) is 0.702. The molecule has 0 bridgehead atoms. The van der Waals surface area contributed by atoms with E-state index in [0.717, 1.165) is 0 Å². The van der Waals surface area contributed by atoms with E-state index >= 15 is 0 Å². The van der Waals surface area contributed by atoms with E-state index in [4.69, 9.17) is 5.73 Å². The van der Waals surface area contributed by atoms with Crippen LogP contribution in [0.25, 0.3) is 0 Å². The first-order valence-corrected chi connectivity index (χ1v) is 6.38. The Morgan fingerprint density at radius 3 is 2.43 bits per heavy atom. The van der Waals surface area contributed by atoms with E-state index < -0.39 is 10.0 Å². The van der Waals surface area contributed by atoms with Gasteiger partial charge in [-0.2, -0.15) is 0 Å². The first kappa shape index (κ1) is 13.8. The van der Waals surface area contributed by atoms with Crippen LogP contribution in [-0.2, 0) is 10.0 Å². The molecule has 0 heterocycles. The van der Waals surface area contributed by atoms with Gasteiger partial charge in [0.1, 0.15) is 0 Å². The molecule has 5 nitrogen and oxygen atoms in total. The Kier molecular flexibility index (Phi) is 6.26. The minimum atomic E-state index is -3.13. The topological polar surface area (TPSA) is 75.4 Å². The zero-order valence-corrected chi connectivity index (χ0v) is 9.97. The summed E-state index contributed by atoms with van der Waals surface area (Å²) in [6.45, 7) is 2.81. The van der Waals surface area contributed by atoms with Gasteiger partial charge in [0.2, 0.25) is 10.0 Å². The molecule has 0 amide bonds. The van der Waals surface area contributed by atoms with Gasteiger partial charge >= 0.3 is 0 Å². The predicted octanol–water partition coefficient (Wildman–Crippen LogP) is -0.795. The number of likely N-dealkylation sites (N-methyl/N-ethyl adjacent to an activating group) is 1. The number of hydrogen-bond donors (Lipinski definition) is 2. The van der Waals surface area contributed by atoms with Gasteiger partial charge < -0.3 is 10.6 Å². The van der Waals surface area contributed by atoms with E-state index in [9.17, 15) is 8.42 Å². The smallest absolute Gasteiger partial charge is 0.211 e. The molecule has 0 aliphatic carbocycles. The molecule has 0 spiro atoms. The van der Waals surface area contributed by atoms with Crippen LogP contribution in [0.2, 0.25) is 0 Å². The van der Waals surface area contributed by atoms with Crippen molar-refractivity contribution in [3.63, 3.8) is 0 Å². The average Bonchev–Trinajstić information content (AvgIpc) is 2.11. The molecule has 0 radical (unpaired) electrons. The second-order valence-electron chi connectivity index (χ2n) is 3.62. The molecule has 3 N–H and O–H groups in total. The standard InChI is InChI=1S/C8H21N3O2S/c1-8(11(2)3)7-10-14(12,13)6-4-5-9/h8,10H,4-7,9H2,1-3H3. The molecule has 0 aromatic rings. The summed E-state index contributed by atoms with van der Waals surface area (Å²) in [6.07, 6.45) is 0.506. The molecule has 86 valence electrons. The van der Waals surface area contributed by atoms with Crippen molar-refractivity contribution in [3.05, 3.63) is 0 Å². The molecule has 1 unspecified atom stereocenters. The summed E-state index contributed by atoms with van der Waals surface area (Å²) in [5.74, 6) is 0.115. The number of sulfonamides is 1. The first-order chi connectivity index (χ1) is 6.39. The van der Waals surface area contributed by atoms with E-state index in [2.05, 4.69) is 4.72 Å². The van der Waals surface area contributed by atoms with Crippen LogP contribution in [-0.4, -0.2) is 52.3 Å². The fraction of sp³-hybridized carbons (Fsp3) is 1.00. The first-order valence-electron chi connectivity index (χ1n) is 4.73. The molecule has 6 heteroatoms. The highest BCUT2D eigenvalue weighted by Crippen LogP contribution is 1.92. The largest absolute Gasteiger partial charge is 0.330 e. The Morgan fingerprint density at radius 2 is 2.00 bits per heavy atom. The Hall–Kier alpha value is -0.170. The third kappa shape index (κ3) is 6.31. The van der Waals surface area contributed by atoms with Crippen molar-refractivity contribution >= 4 is 10.0 Å². The Morgan fingerprint density at radius 1 is 1.43 bits per heavy atom. The summed E-state index contributed by atoms with van der Waals surface area (Å²) < 4.78 is 25.2. The van der Waals surface area contributed by atoms with Gasteiger partial charge in [0, 0.05) is 12.6 Å². The molecule has 0 rings (SSSR count). The van der Waals surface area contributed by atoms with Crippen molar-refractivity contribution in [3.8, 4) is 0 Å². The van der Waals surface area contributed by atoms with Crippen LogP contribution >= 0.6 is 0 Å². The fourth-order valence-corrected chi connectivity index (χ4v) is 1.96. The normalized spacial score (nSPS) is 14.6. The summed E-state index contributed by atoms with van der Waals surface area (Å²) in [4.78, 5) is 1.96. The van der Waals surface area contributed by atoms with Crippen molar-refractivity contribution in [2.24, 2.45) is 5.73 Å². The van der Waals surface area contributed by atoms with Gasteiger partial charge in [-0.1, -0.05) is 0 Å². The summed E-state index contributed by atoms with van der Waals surface area (Å²) in [5, 5.41) is 0. The molecule has 1 atom stereocenters. The monoisotopic (exact) mass is 223 g/mol. The molecule has 14 heavy (non-hydrogen) atoms. The average molecular weight is 223 g/mol. The second kappa shape index (κ2) is 6.34. The number of rotatable bonds is 7. The van der Waals surface area contributed by atoms with E-state index in [1.165, 1.54) is 0 Å². The zero-order valence-electron chi connectivity index (χ0n) is 9.16. The highest BCUT2D eigenvalue weighted by atomic mass is 32.2. The van der Waals surface area contributed by atoms with Gasteiger partial charge in [0.05, 0.1) is 5.75 Å². The summed E-state index contributed by atoms with van der Waals surface area (Å²) in [6, 6.07) is 0.197. The lowest BCUT2D eigenvalue weighted by atomic mass is 10.3. The quantitative estimate of drug-likeness (QED) is 0.593. The number of hydrogen-bond acceptors (Lipinski definition) is 4. The maximum atomic E-state index is 11.3. The number of nitrogens with two attached hydrogens (primary N) is 1. The van der Waals surface area contributed by atoms with Crippen LogP contribution in [0.3, 0.4) is 0 Å². The molecule has 0 aromatic carbocycles. The van der Waals surface area contributed by atoms with Crippen molar-refractivity contribution < 1.29 is 8.42 Å². The maximum absolute atomic E-state index is 11.3. The fourth-order valence-electron chi connectivity index (χ4n) is 0.776. The van der Waals surface area contributed by atoms with E-state index in [0.29, 0.717) is 19.5 Å². The lowest BCUT2D eigenvalue weighted by Crippen LogP contribution is -2.39. The van der Waals surface area contributed by atoms with Crippen LogP contribution in [0, 0.1) is 0 Å². The molecule has 0 aromatic heterocycles. The minimum absolute atomic E-state index is 0.115. The molecular formula is C8H21N3O2S. The van der Waals surface area contributed by atoms with Crippen LogP contribution in [0.5, 0.6) is 0 Å². The van der Waals surface area contributed by atoms with Gasteiger partial charge in [-0.05, 0) is 34.0 Å². The zero-order chi connectivity index (χ0) is 11.2. The lowest BCUT2D eigenvalue weighted by molar-refractivity contribution is 0.314. The van der Waals surface area contributed by atoms with Crippen LogP contribution < -0.4 is 10.5 Å². The Bertz CT molecular complexity index is 239. The minimum Gasteiger partial charge on any atom is -0.330 e. The molecule has 0 saturated carbocycles. The molecule has 0 aliphatic heterocycles. The lowest BCUT2D eigenvalue weighted by Gasteiger charge is -2.19. The molecule has 0 fully saturated rings. The van der Waals surface area contributed by atoms with Crippen molar-refractivity contribution in [2.45, 2.75) is 19.4 Å². The Labute approximate surface area is 86.7 Å². The number of nitrogens with zero attached hydrogens (tertiary/aromatic N) is 1. The second-order valence-corrected chi connectivity index (χ2v) is 5.55. The Balaban J connectivity index is 3.87. The van der Waals surface area contributed by atoms with Gasteiger partial charge in [-0.25, -0.2) is 13.1 Å². The van der Waals surface area contributed by atoms with Crippen molar-refractivity contribution in [2.75, 3.05) is 32.9 Å². The van der Waals surface area contributed by atoms with Crippen molar-refractivity contribution in [1.29, 1.82) is 0 Å². The summed E-state index contributed by atoms with van der Waals surface area (Å²) >= 11 is 0. The maximum Gasteiger partial charge on any atom is 0.211 e. The van der Waals surface area contributed by atoms with Gasteiger partial charge in [-0.3, -0.25) is 0 Å². The number of nitrogens with one attached hydrogen (secondary N) is 1. The SMILES string of the molecule is CC(CNS(=O)(=O)CCCN)N(C)C. The highest BCUT2D eigenvalue weighted by molar-refractivity contribution is 7.89. The third-order valence-corrected chi connectivity index (χ3v) is 3.53. The van der Waals surface area contributed by atoms with Gasteiger partial charge in [0.25, 0.3) is 0 Å². The molecule has 0 saturated heterocycles. The van der Waals surface area contributed by atoms with E-state index in [1.54, 1.807) is 0 Å². The summed E-state index contributed by atoms with van der Waals surface area (Å²) in [5.41, 5.74) is 5.24. The third-order valence-electron chi connectivity index (χ3n) is 2.10. The van der Waals surface area contributed by atoms with Crippen molar-refractivity contribution in [1.82, 2.24) is 9.62 Å². The van der Waals surface area contributed by atoms with Crippen LogP contribution in [0.1, 0.15) is 13.3 Å². The van der Waals surface area contributed by atoms with Crippen LogP contribution in [0.4, 0.5) is 0 Å². The highest BCUT2D eigenvalue weighted by Gasteiger charge is 2.11. The molecular weight excluding hydrogens is 202 g/mol. The predicted molar refractivity (Wildman–Crippen MR) is 58.6 cm³/mol. The van der Waals surface area contributed by atoms with Crippen LogP contribution in [0.15, 0.2) is 0 Å². The van der Waals surface area contributed by atoms with E-state index in [-0.39, 0.29) is 11.8 Å². The van der Waals surface area contributed by atoms with Gasteiger partial charge in [0.15, 0.2) is 0 Å². The van der Waals surface area contributed by atoms with Gasteiger partial charge in [-0.15, -0.1) is 0 Å².